The van der Waals surface area contributed by atoms with Crippen LogP contribution in [-0.2, 0) is 4.79 Å². The van der Waals surface area contributed by atoms with Gasteiger partial charge >= 0.3 is 6.36 Å². The number of hydrogen-bond donors (Lipinski definition) is 2. The van der Waals surface area contributed by atoms with Crippen LogP contribution >= 0.6 is 0 Å². The van der Waals surface area contributed by atoms with Gasteiger partial charge < -0.3 is 25.0 Å². The first-order chi connectivity index (χ1) is 20.3. The van der Waals surface area contributed by atoms with E-state index in [0.717, 1.165) is 24.8 Å². The van der Waals surface area contributed by atoms with E-state index >= 15 is 0 Å². The third-order valence-electron chi connectivity index (χ3n) is 8.92. The van der Waals surface area contributed by atoms with Crippen molar-refractivity contribution in [3.05, 3.63) is 53.1 Å². The van der Waals surface area contributed by atoms with Gasteiger partial charge in [0.25, 0.3) is 5.56 Å². The van der Waals surface area contributed by atoms with Crippen molar-refractivity contribution in [3.8, 4) is 11.4 Å². The summed E-state index contributed by atoms with van der Waals surface area (Å²) in [4.78, 5) is 37.9. The molecular weight excluding hydrogens is 565 g/mol. The minimum absolute atomic E-state index is 0.177. The number of amides is 1. The van der Waals surface area contributed by atoms with Gasteiger partial charge in [-0.1, -0.05) is 0 Å². The van der Waals surface area contributed by atoms with E-state index in [4.69, 9.17) is 0 Å². The van der Waals surface area contributed by atoms with Crippen molar-refractivity contribution in [1.82, 2.24) is 19.4 Å². The number of rotatable bonds is 6. The zero-order chi connectivity index (χ0) is 30.6. The van der Waals surface area contributed by atoms with Crippen LogP contribution in [0.5, 0.6) is 5.75 Å². The average molecular weight is 601 g/mol. The van der Waals surface area contributed by atoms with E-state index in [1.54, 1.807) is 6.07 Å². The van der Waals surface area contributed by atoms with Crippen LogP contribution in [0.3, 0.4) is 0 Å². The van der Waals surface area contributed by atoms with Crippen molar-refractivity contribution in [2.45, 2.75) is 50.1 Å². The summed E-state index contributed by atoms with van der Waals surface area (Å²) >= 11 is 0. The number of piperidine rings is 1. The van der Waals surface area contributed by atoms with Crippen molar-refractivity contribution in [2.75, 3.05) is 56.5 Å². The van der Waals surface area contributed by atoms with E-state index in [9.17, 15) is 27.9 Å². The maximum Gasteiger partial charge on any atom is 0.573 e. The summed E-state index contributed by atoms with van der Waals surface area (Å²) in [5.74, 6) is -0.956. The molecule has 3 aliphatic rings. The first-order valence-electron chi connectivity index (χ1n) is 14.5. The number of benzene rings is 2. The van der Waals surface area contributed by atoms with Crippen LogP contribution in [0.15, 0.2) is 47.5 Å². The number of aromatic nitrogens is 2. The van der Waals surface area contributed by atoms with Crippen molar-refractivity contribution in [1.29, 1.82) is 0 Å². The lowest BCUT2D eigenvalue weighted by atomic mass is 9.93. The molecule has 1 saturated carbocycles. The minimum atomic E-state index is -4.97. The molecular formula is C30H35F3N6O4. The molecule has 0 bridgehead atoms. The molecule has 13 heteroatoms. The molecule has 6 rings (SSSR count). The number of halogens is 3. The highest BCUT2D eigenvalue weighted by Crippen LogP contribution is 2.44. The van der Waals surface area contributed by atoms with Crippen molar-refractivity contribution in [2.24, 2.45) is 0 Å². The number of alkyl halides is 3. The number of anilines is 2. The molecule has 2 aliphatic heterocycles. The molecule has 0 atom stereocenters. The average Bonchev–Trinajstić information content (AvgIpc) is 3.76. The highest BCUT2D eigenvalue weighted by atomic mass is 19.4. The lowest BCUT2D eigenvalue weighted by Crippen LogP contribution is -2.54. The SMILES string of the molecule is CN1CCN(C2(C(=O)Nc3cc(-n4cnc5cc(N6CCC(C)(O)CC6)ccc5c4=O)ccc3OC(F)(F)F)CC2)CC1. The van der Waals surface area contributed by atoms with Gasteiger partial charge in [-0.3, -0.25) is 19.1 Å². The molecule has 10 nitrogen and oxygen atoms in total. The van der Waals surface area contributed by atoms with Crippen LogP contribution in [0.1, 0.15) is 32.6 Å². The largest absolute Gasteiger partial charge is 0.573 e. The Morgan fingerprint density at radius 2 is 1.65 bits per heavy atom. The molecule has 0 spiro atoms. The molecule has 0 unspecified atom stereocenters. The maximum atomic E-state index is 13.5. The second kappa shape index (κ2) is 10.8. The number of likely N-dealkylation sites (N-methyl/N-ethyl adjacent to an activating group) is 1. The molecule has 2 N–H and O–H groups in total. The molecule has 3 aromatic rings. The Kier molecular flexibility index (Phi) is 7.38. The highest BCUT2D eigenvalue weighted by Gasteiger charge is 2.55. The quantitative estimate of drug-likeness (QED) is 0.444. The second-order valence-corrected chi connectivity index (χ2v) is 12.1. The van der Waals surface area contributed by atoms with Crippen molar-refractivity contribution < 1.29 is 27.8 Å². The Bertz CT molecular complexity index is 1580. The summed E-state index contributed by atoms with van der Waals surface area (Å²) < 4.78 is 45.3. The molecule has 2 aromatic carbocycles. The van der Waals surface area contributed by atoms with Crippen molar-refractivity contribution in [3.63, 3.8) is 0 Å². The van der Waals surface area contributed by atoms with E-state index in [1.165, 1.54) is 23.0 Å². The topological polar surface area (TPSA) is 103 Å². The number of nitrogens with zero attached hydrogens (tertiary/aromatic N) is 5. The number of hydrogen-bond acceptors (Lipinski definition) is 8. The van der Waals surface area contributed by atoms with Crippen molar-refractivity contribution >= 4 is 28.2 Å². The Morgan fingerprint density at radius 3 is 2.30 bits per heavy atom. The Balaban J connectivity index is 1.29. The standard InChI is InChI=1S/C30H35F3N6O4/c1-28(42)9-11-37(12-10-28)20-3-5-22-23(17-20)34-19-39(26(22)40)21-4-6-25(43-30(31,32)33)24(18-21)35-27(41)29(7-8-29)38-15-13-36(2)14-16-38/h3-6,17-19,42H,7-16H2,1-2H3,(H,35,41). The molecule has 2 saturated heterocycles. The second-order valence-electron chi connectivity index (χ2n) is 12.1. The molecule has 1 amide bonds. The first-order valence-corrected chi connectivity index (χ1v) is 14.5. The van der Waals surface area contributed by atoms with Gasteiger partial charge in [-0.25, -0.2) is 4.98 Å². The first kappa shape index (κ1) is 29.4. The number of ether oxygens (including phenoxy) is 1. The third-order valence-corrected chi connectivity index (χ3v) is 8.92. The molecule has 3 fully saturated rings. The summed E-state index contributed by atoms with van der Waals surface area (Å²) in [5, 5.41) is 13.3. The monoisotopic (exact) mass is 600 g/mol. The lowest BCUT2D eigenvalue weighted by Gasteiger charge is -2.37. The molecule has 1 aliphatic carbocycles. The zero-order valence-corrected chi connectivity index (χ0v) is 24.2. The van der Waals surface area contributed by atoms with Gasteiger partial charge in [0.15, 0.2) is 5.75 Å². The van der Waals surface area contributed by atoms with Gasteiger partial charge in [0.2, 0.25) is 5.91 Å². The summed E-state index contributed by atoms with van der Waals surface area (Å²) in [6.45, 7) is 6.14. The summed E-state index contributed by atoms with van der Waals surface area (Å²) in [6, 6.07) is 9.06. The number of carbonyl (C=O) groups excluding carboxylic acids is 1. The van der Waals surface area contributed by atoms with E-state index in [0.29, 0.717) is 62.8 Å². The summed E-state index contributed by atoms with van der Waals surface area (Å²) in [5.41, 5.74) is -0.446. The smallest absolute Gasteiger partial charge is 0.404 e. The van der Waals surface area contributed by atoms with Gasteiger partial charge in [-0.2, -0.15) is 0 Å². The van der Waals surface area contributed by atoms with Crippen LogP contribution in [-0.4, -0.2) is 94.2 Å². The van der Waals surface area contributed by atoms with E-state index in [2.05, 4.69) is 29.7 Å². The van der Waals surface area contributed by atoms with E-state index in [-0.39, 0.29) is 11.4 Å². The predicted octanol–water partition coefficient (Wildman–Crippen LogP) is 3.35. The predicted molar refractivity (Wildman–Crippen MR) is 156 cm³/mol. The molecule has 230 valence electrons. The number of nitrogens with one attached hydrogen (secondary N) is 1. The van der Waals surface area contributed by atoms with Gasteiger partial charge in [-0.05, 0) is 76.1 Å². The Morgan fingerprint density at radius 1 is 0.977 bits per heavy atom. The number of piperazine rings is 1. The fourth-order valence-corrected chi connectivity index (χ4v) is 5.99. The number of aliphatic hydroxyl groups is 1. The fourth-order valence-electron chi connectivity index (χ4n) is 5.99. The van der Waals surface area contributed by atoms with E-state index in [1.807, 2.05) is 26.1 Å². The molecule has 3 heterocycles. The van der Waals surface area contributed by atoms with Gasteiger partial charge in [0.05, 0.1) is 27.9 Å². The molecule has 1 aromatic heterocycles. The Hall–Kier alpha value is -3.68. The number of carbonyl (C=O) groups is 1. The third kappa shape index (κ3) is 6.06. The normalized spacial score (nSPS) is 20.7. The van der Waals surface area contributed by atoms with Crippen LogP contribution in [0.25, 0.3) is 16.6 Å². The van der Waals surface area contributed by atoms with Gasteiger partial charge in [0, 0.05) is 45.0 Å². The highest BCUT2D eigenvalue weighted by molar-refractivity contribution is 6.01. The number of fused-ring (bicyclic) bond motifs is 1. The zero-order valence-electron chi connectivity index (χ0n) is 24.2. The fraction of sp³-hybridized carbons (Fsp3) is 0.500. The van der Waals surface area contributed by atoms with Crippen LogP contribution in [0, 0.1) is 0 Å². The van der Waals surface area contributed by atoms with Gasteiger partial charge in [-0.15, -0.1) is 13.2 Å². The van der Waals surface area contributed by atoms with E-state index < -0.39 is 34.7 Å². The molecule has 43 heavy (non-hydrogen) atoms. The minimum Gasteiger partial charge on any atom is -0.404 e. The van der Waals surface area contributed by atoms with Crippen LogP contribution in [0.2, 0.25) is 0 Å². The molecule has 0 radical (unpaired) electrons. The summed E-state index contributed by atoms with van der Waals surface area (Å²) in [7, 11) is 2.01. The maximum absolute atomic E-state index is 13.5. The lowest BCUT2D eigenvalue weighted by molar-refractivity contribution is -0.274. The Labute approximate surface area is 246 Å². The van der Waals surface area contributed by atoms with Crippen LogP contribution < -0.4 is 20.5 Å². The summed E-state index contributed by atoms with van der Waals surface area (Å²) in [6.07, 6.45) is -1.16. The van der Waals surface area contributed by atoms with Crippen LogP contribution in [0.4, 0.5) is 24.5 Å². The van der Waals surface area contributed by atoms with Gasteiger partial charge in [0.1, 0.15) is 11.9 Å².